The van der Waals surface area contributed by atoms with E-state index in [-0.39, 0.29) is 24.1 Å². The molecule has 1 fully saturated rings. The molecular weight excluding hydrogens is 494 g/mol. The molecule has 9 nitrogen and oxygen atoms in total. The highest BCUT2D eigenvalue weighted by atomic mass is 16.5. The molecule has 0 unspecified atom stereocenters. The molecule has 0 atom stereocenters. The first-order valence-corrected chi connectivity index (χ1v) is 13.0. The summed E-state index contributed by atoms with van der Waals surface area (Å²) in [5, 5.41) is 7.29. The topological polar surface area (TPSA) is 106 Å². The van der Waals surface area contributed by atoms with E-state index in [9.17, 15) is 14.4 Å². The monoisotopic (exact) mass is 523 g/mol. The summed E-state index contributed by atoms with van der Waals surface area (Å²) in [5.41, 5.74) is 3.65. The number of ether oxygens (including phenoxy) is 1. The molecule has 4 aromatic rings. The third-order valence-corrected chi connectivity index (χ3v) is 6.76. The predicted octanol–water partition coefficient (Wildman–Crippen LogP) is 4.72. The lowest BCUT2D eigenvalue weighted by Crippen LogP contribution is -2.38. The minimum absolute atomic E-state index is 0.117. The van der Waals surface area contributed by atoms with Gasteiger partial charge >= 0.3 is 5.97 Å². The van der Waals surface area contributed by atoms with Crippen LogP contribution >= 0.6 is 0 Å². The Morgan fingerprint density at radius 2 is 1.69 bits per heavy atom. The maximum atomic E-state index is 13.0. The number of esters is 1. The van der Waals surface area contributed by atoms with Gasteiger partial charge in [-0.05, 0) is 73.7 Å². The number of piperidine rings is 1. The third kappa shape index (κ3) is 6.04. The quantitative estimate of drug-likeness (QED) is 0.352. The molecule has 2 amide bonds. The summed E-state index contributed by atoms with van der Waals surface area (Å²) in [4.78, 5) is 43.5. The average Bonchev–Trinajstić information content (AvgIpc) is 3.49. The zero-order chi connectivity index (χ0) is 27.2. The molecule has 2 aromatic heterocycles. The van der Waals surface area contributed by atoms with Gasteiger partial charge in [0.25, 0.3) is 11.8 Å². The van der Waals surface area contributed by atoms with Gasteiger partial charge in [-0.2, -0.15) is 5.10 Å². The Kier molecular flexibility index (Phi) is 7.77. The number of pyridine rings is 1. The number of carbonyl (C=O) groups is 3. The van der Waals surface area contributed by atoms with E-state index in [1.165, 1.54) is 17.8 Å². The van der Waals surface area contributed by atoms with Crippen molar-refractivity contribution < 1.29 is 19.1 Å². The van der Waals surface area contributed by atoms with Crippen molar-refractivity contribution in [2.75, 3.05) is 25.0 Å². The molecule has 0 saturated carbocycles. The van der Waals surface area contributed by atoms with Crippen LogP contribution < -0.4 is 5.32 Å². The van der Waals surface area contributed by atoms with Crippen molar-refractivity contribution in [1.29, 1.82) is 0 Å². The van der Waals surface area contributed by atoms with Crippen LogP contribution in [0.2, 0.25) is 0 Å². The second-order valence-corrected chi connectivity index (χ2v) is 9.27. The lowest BCUT2D eigenvalue weighted by atomic mass is 9.89. The molecule has 3 heterocycles. The first-order chi connectivity index (χ1) is 19.0. The standard InChI is InChI=1S/C30H29N5O4/c1-2-39-30(38)27-20-23(12-16-31-27)29(37)34-17-13-22(14-18-34)21-8-10-24(11-9-21)32-28(36)26-15-19-35(33-26)25-6-4-3-5-7-25/h3-12,15-16,19-20,22H,2,13-14,17-18H2,1H3,(H,32,36). The van der Waals surface area contributed by atoms with Crippen LogP contribution in [-0.4, -0.2) is 57.1 Å². The minimum Gasteiger partial charge on any atom is -0.461 e. The second-order valence-electron chi connectivity index (χ2n) is 9.27. The highest BCUT2D eigenvalue weighted by Crippen LogP contribution is 2.29. The van der Waals surface area contributed by atoms with E-state index < -0.39 is 5.97 Å². The average molecular weight is 524 g/mol. The third-order valence-electron chi connectivity index (χ3n) is 6.76. The summed E-state index contributed by atoms with van der Waals surface area (Å²) >= 11 is 0. The number of hydrogen-bond donors (Lipinski definition) is 1. The molecule has 0 bridgehead atoms. The van der Waals surface area contributed by atoms with Gasteiger partial charge in [-0.3, -0.25) is 9.59 Å². The Morgan fingerprint density at radius 3 is 2.41 bits per heavy atom. The maximum absolute atomic E-state index is 13.0. The molecule has 5 rings (SSSR count). The Morgan fingerprint density at radius 1 is 0.949 bits per heavy atom. The molecule has 1 saturated heterocycles. The predicted molar refractivity (Wildman–Crippen MR) is 146 cm³/mol. The van der Waals surface area contributed by atoms with Gasteiger partial charge in [0.15, 0.2) is 5.69 Å². The molecule has 1 aliphatic heterocycles. The fourth-order valence-corrected chi connectivity index (χ4v) is 4.68. The highest BCUT2D eigenvalue weighted by molar-refractivity contribution is 6.02. The van der Waals surface area contributed by atoms with Crippen LogP contribution in [0.5, 0.6) is 0 Å². The zero-order valence-corrected chi connectivity index (χ0v) is 21.6. The van der Waals surface area contributed by atoms with Crippen LogP contribution in [0.3, 0.4) is 0 Å². The van der Waals surface area contributed by atoms with E-state index in [0.717, 1.165) is 18.5 Å². The van der Waals surface area contributed by atoms with Crippen molar-refractivity contribution in [2.24, 2.45) is 0 Å². The first-order valence-electron chi connectivity index (χ1n) is 13.0. The zero-order valence-electron chi connectivity index (χ0n) is 21.6. The van der Waals surface area contributed by atoms with Gasteiger partial charge in [-0.25, -0.2) is 14.5 Å². The fraction of sp³-hybridized carbons (Fsp3) is 0.233. The molecule has 198 valence electrons. The van der Waals surface area contributed by atoms with Crippen LogP contribution in [0.1, 0.15) is 62.6 Å². The van der Waals surface area contributed by atoms with Crippen molar-refractivity contribution >= 4 is 23.5 Å². The lowest BCUT2D eigenvalue weighted by molar-refractivity contribution is 0.0519. The van der Waals surface area contributed by atoms with Gasteiger partial charge in [0.2, 0.25) is 0 Å². The number of nitrogens with one attached hydrogen (secondary N) is 1. The van der Waals surface area contributed by atoms with Gasteiger partial charge < -0.3 is 15.0 Å². The maximum Gasteiger partial charge on any atom is 0.356 e. The van der Waals surface area contributed by atoms with Crippen molar-refractivity contribution in [1.82, 2.24) is 19.7 Å². The number of carbonyl (C=O) groups excluding carboxylic acids is 3. The van der Waals surface area contributed by atoms with Crippen LogP contribution in [0.25, 0.3) is 5.69 Å². The number of para-hydroxylation sites is 1. The summed E-state index contributed by atoms with van der Waals surface area (Å²) in [7, 11) is 0. The van der Waals surface area contributed by atoms with Crippen molar-refractivity contribution in [3.63, 3.8) is 0 Å². The summed E-state index contributed by atoms with van der Waals surface area (Å²) < 4.78 is 6.66. The number of rotatable bonds is 7. The molecule has 2 aromatic carbocycles. The second kappa shape index (κ2) is 11.7. The van der Waals surface area contributed by atoms with Gasteiger partial charge in [-0.15, -0.1) is 0 Å². The SMILES string of the molecule is CCOC(=O)c1cc(C(=O)N2CCC(c3ccc(NC(=O)c4ccn(-c5ccccc5)n4)cc3)CC2)ccn1. The van der Waals surface area contributed by atoms with E-state index in [1.807, 2.05) is 59.5 Å². The van der Waals surface area contributed by atoms with Crippen LogP contribution in [0, 0.1) is 0 Å². The van der Waals surface area contributed by atoms with Crippen LogP contribution in [-0.2, 0) is 4.74 Å². The first kappa shape index (κ1) is 25.8. The number of anilines is 1. The molecular formula is C30H29N5O4. The van der Waals surface area contributed by atoms with Gasteiger partial charge in [0, 0.05) is 36.7 Å². The summed E-state index contributed by atoms with van der Waals surface area (Å²) in [5.74, 6) is -0.610. The Hall–Kier alpha value is -4.79. The molecule has 0 radical (unpaired) electrons. The smallest absolute Gasteiger partial charge is 0.356 e. The van der Waals surface area contributed by atoms with E-state index in [4.69, 9.17) is 4.74 Å². The summed E-state index contributed by atoms with van der Waals surface area (Å²) in [6, 6.07) is 22.3. The Bertz CT molecular complexity index is 1460. The fourth-order valence-electron chi connectivity index (χ4n) is 4.68. The summed E-state index contributed by atoms with van der Waals surface area (Å²) in [6.45, 7) is 3.20. The molecule has 0 spiro atoms. The van der Waals surface area contributed by atoms with Gasteiger partial charge in [-0.1, -0.05) is 30.3 Å². The van der Waals surface area contributed by atoms with Crippen molar-refractivity contribution in [3.05, 3.63) is 108 Å². The summed E-state index contributed by atoms with van der Waals surface area (Å²) in [6.07, 6.45) is 4.87. The molecule has 39 heavy (non-hydrogen) atoms. The number of benzene rings is 2. The highest BCUT2D eigenvalue weighted by Gasteiger charge is 2.25. The van der Waals surface area contributed by atoms with E-state index >= 15 is 0 Å². The minimum atomic E-state index is -0.535. The van der Waals surface area contributed by atoms with Gasteiger partial charge in [0.1, 0.15) is 5.69 Å². The number of nitrogens with zero attached hydrogens (tertiary/aromatic N) is 4. The Balaban J connectivity index is 1.15. The van der Waals surface area contributed by atoms with Gasteiger partial charge in [0.05, 0.1) is 12.3 Å². The number of amides is 2. The van der Waals surface area contributed by atoms with Crippen LogP contribution in [0.4, 0.5) is 5.69 Å². The molecule has 1 N–H and O–H groups in total. The largest absolute Gasteiger partial charge is 0.461 e. The van der Waals surface area contributed by atoms with Crippen LogP contribution in [0.15, 0.2) is 85.2 Å². The van der Waals surface area contributed by atoms with E-state index in [2.05, 4.69) is 15.4 Å². The molecule has 0 aliphatic carbocycles. The van der Waals surface area contributed by atoms with E-state index in [0.29, 0.717) is 36.0 Å². The molecule has 9 heteroatoms. The molecule has 1 aliphatic rings. The lowest BCUT2D eigenvalue weighted by Gasteiger charge is -2.32. The van der Waals surface area contributed by atoms with E-state index in [1.54, 1.807) is 29.9 Å². The van der Waals surface area contributed by atoms with Crippen molar-refractivity contribution in [2.45, 2.75) is 25.7 Å². The number of likely N-dealkylation sites (tertiary alicyclic amines) is 1. The number of hydrogen-bond acceptors (Lipinski definition) is 6. The number of aromatic nitrogens is 3. The Labute approximate surface area is 226 Å². The normalized spacial score (nSPS) is 13.6. The van der Waals surface area contributed by atoms with Crippen molar-refractivity contribution in [3.8, 4) is 5.69 Å².